The van der Waals surface area contributed by atoms with E-state index in [0.717, 1.165) is 21.8 Å². The van der Waals surface area contributed by atoms with Gasteiger partial charge in [-0.2, -0.15) is 5.10 Å². The number of aromatic nitrogens is 4. The number of hydrogen-bond acceptors (Lipinski definition) is 4. The van der Waals surface area contributed by atoms with Crippen LogP contribution in [0.2, 0.25) is 5.02 Å². The molecule has 0 atom stereocenters. The Labute approximate surface area is 163 Å². The molecule has 0 bridgehead atoms. The van der Waals surface area contributed by atoms with Crippen molar-refractivity contribution in [3.8, 4) is 5.69 Å². The number of rotatable bonds is 3. The van der Waals surface area contributed by atoms with Crippen molar-refractivity contribution in [2.75, 3.05) is 11.1 Å². The van der Waals surface area contributed by atoms with Crippen LogP contribution in [-0.2, 0) is 0 Å². The first-order valence-electron chi connectivity index (χ1n) is 8.53. The predicted octanol–water partition coefficient (Wildman–Crippen LogP) is 5.02. The minimum absolute atomic E-state index is 0.0695. The molecule has 0 spiro atoms. The van der Waals surface area contributed by atoms with Gasteiger partial charge in [-0.15, -0.1) is 5.10 Å². The number of nitrogens with zero attached hydrogens (tertiary/aromatic N) is 3. The van der Waals surface area contributed by atoms with Gasteiger partial charge in [0, 0.05) is 10.8 Å². The first kappa shape index (κ1) is 16.6. The summed E-state index contributed by atoms with van der Waals surface area (Å²) in [6, 6.07) is 16.0. The van der Waals surface area contributed by atoms with Gasteiger partial charge in [0.2, 0.25) is 0 Å². The van der Waals surface area contributed by atoms with Gasteiger partial charge in [-0.25, -0.2) is 9.07 Å². The molecule has 5 rings (SSSR count). The fourth-order valence-corrected chi connectivity index (χ4v) is 3.49. The van der Waals surface area contributed by atoms with E-state index in [9.17, 15) is 4.39 Å². The molecule has 2 heterocycles. The number of benzene rings is 3. The van der Waals surface area contributed by atoms with Gasteiger partial charge in [0.25, 0.3) is 0 Å². The molecule has 4 N–H and O–H groups in total. The van der Waals surface area contributed by atoms with E-state index in [4.69, 9.17) is 17.3 Å². The van der Waals surface area contributed by atoms with Crippen LogP contribution in [0.25, 0.3) is 27.5 Å². The van der Waals surface area contributed by atoms with E-state index in [1.807, 2.05) is 36.4 Å². The van der Waals surface area contributed by atoms with E-state index in [1.54, 1.807) is 23.0 Å². The lowest BCUT2D eigenvalue weighted by Crippen LogP contribution is -2.00. The molecule has 0 radical (unpaired) electrons. The molecule has 0 fully saturated rings. The van der Waals surface area contributed by atoms with Gasteiger partial charge in [0.05, 0.1) is 39.3 Å². The van der Waals surface area contributed by atoms with Crippen molar-refractivity contribution in [1.29, 1.82) is 0 Å². The van der Waals surface area contributed by atoms with Gasteiger partial charge in [0.1, 0.15) is 5.82 Å². The number of fused-ring (bicyclic) bond motifs is 2. The minimum Gasteiger partial charge on any atom is -0.396 e. The standard InChI is InChI=1S/C20H14ClFN6/c21-19-13-10-24-26-16(13)7-8-17(19)25-20-12-3-1-2-4-18(12)28(27-20)11-5-6-14(22)15(23)9-11/h1-10H,23H2,(H,24,26)(H,25,27). The Bertz CT molecular complexity index is 1340. The first-order chi connectivity index (χ1) is 13.6. The third-order valence-electron chi connectivity index (χ3n) is 4.62. The summed E-state index contributed by atoms with van der Waals surface area (Å²) >= 11 is 6.53. The van der Waals surface area contributed by atoms with Crippen LogP contribution in [-0.4, -0.2) is 20.0 Å². The van der Waals surface area contributed by atoms with Gasteiger partial charge in [0.15, 0.2) is 5.82 Å². The Balaban J connectivity index is 1.65. The Morgan fingerprint density at radius 3 is 2.79 bits per heavy atom. The van der Waals surface area contributed by atoms with Crippen molar-refractivity contribution in [2.24, 2.45) is 0 Å². The summed E-state index contributed by atoms with van der Waals surface area (Å²) in [4.78, 5) is 0. The maximum absolute atomic E-state index is 13.6. The third kappa shape index (κ3) is 2.56. The zero-order chi connectivity index (χ0) is 19.3. The number of para-hydroxylation sites is 1. The molecule has 3 aromatic carbocycles. The van der Waals surface area contributed by atoms with Crippen LogP contribution >= 0.6 is 11.6 Å². The summed E-state index contributed by atoms with van der Waals surface area (Å²) in [5.41, 5.74) is 8.90. The van der Waals surface area contributed by atoms with Crippen molar-refractivity contribution in [1.82, 2.24) is 20.0 Å². The van der Waals surface area contributed by atoms with Crippen LogP contribution in [0.15, 0.2) is 60.8 Å². The third-order valence-corrected chi connectivity index (χ3v) is 5.03. The number of anilines is 3. The Kier molecular flexibility index (Phi) is 3.70. The van der Waals surface area contributed by atoms with Gasteiger partial charge in [-0.05, 0) is 42.5 Å². The number of halogens is 2. The van der Waals surface area contributed by atoms with Crippen molar-refractivity contribution in [3.05, 3.63) is 71.6 Å². The van der Waals surface area contributed by atoms with Crippen LogP contribution in [0.3, 0.4) is 0 Å². The first-order valence-corrected chi connectivity index (χ1v) is 8.91. The molecule has 0 aliphatic carbocycles. The molecule has 0 saturated heterocycles. The molecule has 2 aromatic heterocycles. The van der Waals surface area contributed by atoms with Gasteiger partial charge >= 0.3 is 0 Å². The molecule has 28 heavy (non-hydrogen) atoms. The van der Waals surface area contributed by atoms with Crippen LogP contribution in [0.4, 0.5) is 21.6 Å². The molecule has 5 aromatic rings. The van der Waals surface area contributed by atoms with Crippen molar-refractivity contribution in [2.45, 2.75) is 0 Å². The summed E-state index contributed by atoms with van der Waals surface area (Å²) in [6.07, 6.45) is 1.68. The molecular weight excluding hydrogens is 379 g/mol. The average Bonchev–Trinajstić information content (AvgIpc) is 3.32. The average molecular weight is 393 g/mol. The monoisotopic (exact) mass is 392 g/mol. The van der Waals surface area contributed by atoms with Crippen LogP contribution in [0, 0.1) is 5.82 Å². The largest absolute Gasteiger partial charge is 0.396 e. The van der Waals surface area contributed by atoms with E-state index >= 15 is 0 Å². The molecule has 138 valence electrons. The van der Waals surface area contributed by atoms with Crippen LogP contribution in [0.5, 0.6) is 0 Å². The molecule has 0 unspecified atom stereocenters. The van der Waals surface area contributed by atoms with Gasteiger partial charge < -0.3 is 11.1 Å². The fraction of sp³-hybridized carbons (Fsp3) is 0. The quantitative estimate of drug-likeness (QED) is 0.376. The van der Waals surface area contributed by atoms with E-state index in [1.165, 1.54) is 6.07 Å². The highest BCUT2D eigenvalue weighted by Gasteiger charge is 2.15. The summed E-state index contributed by atoms with van der Waals surface area (Å²) < 4.78 is 15.3. The lowest BCUT2D eigenvalue weighted by atomic mass is 10.2. The second-order valence-corrected chi connectivity index (χ2v) is 6.74. The molecule has 0 saturated carbocycles. The van der Waals surface area contributed by atoms with E-state index in [0.29, 0.717) is 22.2 Å². The van der Waals surface area contributed by atoms with Gasteiger partial charge in [-0.3, -0.25) is 5.10 Å². The summed E-state index contributed by atoms with van der Waals surface area (Å²) in [5.74, 6) is 0.169. The molecule has 6 nitrogen and oxygen atoms in total. The van der Waals surface area contributed by atoms with Crippen molar-refractivity contribution in [3.63, 3.8) is 0 Å². The smallest absolute Gasteiger partial charge is 0.160 e. The zero-order valence-electron chi connectivity index (χ0n) is 14.4. The maximum Gasteiger partial charge on any atom is 0.160 e. The van der Waals surface area contributed by atoms with Crippen molar-refractivity contribution < 1.29 is 4.39 Å². The second kappa shape index (κ2) is 6.24. The predicted molar refractivity (Wildman–Crippen MR) is 110 cm³/mol. The summed E-state index contributed by atoms with van der Waals surface area (Å²) in [6.45, 7) is 0. The van der Waals surface area contributed by atoms with Crippen LogP contribution in [0.1, 0.15) is 0 Å². The Hall–Kier alpha value is -3.58. The number of nitrogen functional groups attached to an aromatic ring is 1. The molecule has 0 aliphatic rings. The molecular formula is C20H14ClFN6. The molecule has 8 heteroatoms. The molecule has 0 aliphatic heterocycles. The van der Waals surface area contributed by atoms with E-state index < -0.39 is 5.82 Å². The summed E-state index contributed by atoms with van der Waals surface area (Å²) in [7, 11) is 0. The lowest BCUT2D eigenvalue weighted by Gasteiger charge is -2.07. The minimum atomic E-state index is -0.459. The van der Waals surface area contributed by atoms with Crippen LogP contribution < -0.4 is 11.1 Å². The number of hydrogen-bond donors (Lipinski definition) is 3. The normalized spacial score (nSPS) is 11.4. The van der Waals surface area contributed by atoms with Crippen molar-refractivity contribution >= 4 is 50.6 Å². The molecule has 0 amide bonds. The zero-order valence-corrected chi connectivity index (χ0v) is 15.2. The highest BCUT2D eigenvalue weighted by Crippen LogP contribution is 2.34. The number of nitrogens with two attached hydrogens (primary N) is 1. The Morgan fingerprint density at radius 2 is 1.93 bits per heavy atom. The number of nitrogens with one attached hydrogen (secondary N) is 2. The number of H-pyrrole nitrogens is 1. The lowest BCUT2D eigenvalue weighted by molar-refractivity contribution is 0.632. The maximum atomic E-state index is 13.6. The van der Waals surface area contributed by atoms with E-state index in [2.05, 4.69) is 20.6 Å². The fourth-order valence-electron chi connectivity index (χ4n) is 3.23. The van der Waals surface area contributed by atoms with Gasteiger partial charge in [-0.1, -0.05) is 23.7 Å². The summed E-state index contributed by atoms with van der Waals surface area (Å²) in [5, 5.41) is 17.2. The second-order valence-electron chi connectivity index (χ2n) is 6.37. The number of aromatic amines is 1. The highest BCUT2D eigenvalue weighted by molar-refractivity contribution is 6.38. The topological polar surface area (TPSA) is 84.5 Å². The van der Waals surface area contributed by atoms with E-state index in [-0.39, 0.29) is 5.69 Å². The Morgan fingerprint density at radius 1 is 1.07 bits per heavy atom. The SMILES string of the molecule is Nc1cc(-n2nc(Nc3ccc4[nH]ncc4c3Cl)c3ccccc32)ccc1F. The highest BCUT2D eigenvalue weighted by atomic mass is 35.5.